The van der Waals surface area contributed by atoms with Crippen LogP contribution in [0.1, 0.15) is 33.6 Å². The summed E-state index contributed by atoms with van der Waals surface area (Å²) < 4.78 is 0. The highest BCUT2D eigenvalue weighted by Crippen LogP contribution is 2.19. The van der Waals surface area contributed by atoms with Crippen molar-refractivity contribution in [3.05, 3.63) is 0 Å². The molecule has 1 fully saturated rings. The number of aliphatic carboxylic acids is 1. The van der Waals surface area contributed by atoms with Crippen LogP contribution in [0.5, 0.6) is 0 Å². The molecule has 0 aliphatic heterocycles. The molecule has 1 rings (SSSR count). The Morgan fingerprint density at radius 3 is 2.26 bits per heavy atom. The van der Waals surface area contributed by atoms with Crippen LogP contribution in [0.15, 0.2) is 0 Å². The zero-order valence-electron chi connectivity index (χ0n) is 11.4. The fraction of sp³-hybridized carbons (Fsp3) is 0.750. The molecular formula is C12H21N3O4. The van der Waals surface area contributed by atoms with Crippen molar-refractivity contribution in [1.82, 2.24) is 16.0 Å². The first-order chi connectivity index (χ1) is 8.70. The number of nitrogens with one attached hydrogen (secondary N) is 3. The highest BCUT2D eigenvalue weighted by Gasteiger charge is 2.32. The van der Waals surface area contributed by atoms with Gasteiger partial charge >= 0.3 is 12.0 Å². The molecule has 1 aliphatic carbocycles. The lowest BCUT2D eigenvalue weighted by molar-refractivity contribution is -0.141. The maximum Gasteiger partial charge on any atom is 0.326 e. The van der Waals surface area contributed by atoms with Crippen LogP contribution in [-0.4, -0.2) is 41.6 Å². The van der Waals surface area contributed by atoms with Crippen molar-refractivity contribution in [1.29, 1.82) is 0 Å². The van der Waals surface area contributed by atoms with Crippen LogP contribution in [0.25, 0.3) is 0 Å². The molecule has 0 aromatic heterocycles. The number of carbonyl (C=O) groups is 3. The lowest BCUT2D eigenvalue weighted by Gasteiger charge is -2.27. The second-order valence-electron chi connectivity index (χ2n) is 5.81. The average Bonchev–Trinajstić information content (AvgIpc) is 3.04. The summed E-state index contributed by atoms with van der Waals surface area (Å²) in [5.41, 5.74) is -0.612. The van der Waals surface area contributed by atoms with Gasteiger partial charge in [0.1, 0.15) is 6.04 Å². The molecule has 0 radical (unpaired) electrons. The molecule has 4 N–H and O–H groups in total. The molecule has 0 unspecified atom stereocenters. The minimum atomic E-state index is -1.11. The second-order valence-corrected chi connectivity index (χ2v) is 5.81. The van der Waals surface area contributed by atoms with Gasteiger partial charge in [-0.1, -0.05) is 20.8 Å². The SMILES string of the molecule is CC(C)(C)[C@H](NC(=O)NCC(=O)NC1CC1)C(=O)O. The van der Waals surface area contributed by atoms with E-state index < -0.39 is 23.5 Å². The van der Waals surface area contributed by atoms with Gasteiger partial charge < -0.3 is 21.1 Å². The third kappa shape index (κ3) is 5.58. The molecule has 7 nitrogen and oxygen atoms in total. The highest BCUT2D eigenvalue weighted by molar-refractivity contribution is 5.87. The van der Waals surface area contributed by atoms with Crippen LogP contribution in [-0.2, 0) is 9.59 Å². The van der Waals surface area contributed by atoms with Crippen molar-refractivity contribution in [3.8, 4) is 0 Å². The van der Waals surface area contributed by atoms with Crippen molar-refractivity contribution < 1.29 is 19.5 Å². The van der Waals surface area contributed by atoms with Crippen LogP contribution >= 0.6 is 0 Å². The summed E-state index contributed by atoms with van der Waals surface area (Å²) in [5, 5.41) is 16.5. The molecule has 108 valence electrons. The number of rotatable bonds is 5. The summed E-state index contributed by atoms with van der Waals surface area (Å²) in [4.78, 5) is 33.9. The van der Waals surface area contributed by atoms with Gasteiger partial charge in [-0.2, -0.15) is 0 Å². The van der Waals surface area contributed by atoms with Crippen LogP contribution < -0.4 is 16.0 Å². The van der Waals surface area contributed by atoms with Crippen molar-refractivity contribution in [3.63, 3.8) is 0 Å². The molecule has 1 saturated carbocycles. The van der Waals surface area contributed by atoms with Crippen LogP contribution in [0.2, 0.25) is 0 Å². The second kappa shape index (κ2) is 5.90. The fourth-order valence-corrected chi connectivity index (χ4v) is 1.50. The van der Waals surface area contributed by atoms with E-state index in [0.29, 0.717) is 0 Å². The predicted octanol–water partition coefficient (Wildman–Crippen LogP) is 0.0635. The molecule has 0 saturated heterocycles. The molecule has 0 heterocycles. The van der Waals surface area contributed by atoms with E-state index in [-0.39, 0.29) is 18.5 Å². The Morgan fingerprint density at radius 2 is 1.84 bits per heavy atom. The van der Waals surface area contributed by atoms with E-state index in [2.05, 4.69) is 16.0 Å². The first kappa shape index (κ1) is 15.3. The molecule has 0 aromatic carbocycles. The van der Waals surface area contributed by atoms with Crippen molar-refractivity contribution in [2.45, 2.75) is 45.7 Å². The number of carbonyl (C=O) groups excluding carboxylic acids is 2. The Hall–Kier alpha value is -1.79. The summed E-state index contributed by atoms with van der Waals surface area (Å²) in [6.07, 6.45) is 1.95. The van der Waals surface area contributed by atoms with Gasteiger partial charge in [-0.25, -0.2) is 9.59 Å². The van der Waals surface area contributed by atoms with Crippen molar-refractivity contribution in [2.24, 2.45) is 5.41 Å². The van der Waals surface area contributed by atoms with E-state index >= 15 is 0 Å². The molecule has 0 bridgehead atoms. The Balaban J connectivity index is 2.35. The van der Waals surface area contributed by atoms with E-state index in [1.165, 1.54) is 0 Å². The van der Waals surface area contributed by atoms with Gasteiger partial charge in [0.05, 0.1) is 6.54 Å². The zero-order valence-corrected chi connectivity index (χ0v) is 11.4. The summed E-state index contributed by atoms with van der Waals surface area (Å²) >= 11 is 0. The zero-order chi connectivity index (χ0) is 14.6. The summed E-state index contributed by atoms with van der Waals surface area (Å²) in [6.45, 7) is 4.99. The first-order valence-corrected chi connectivity index (χ1v) is 6.26. The third-order valence-corrected chi connectivity index (χ3v) is 2.74. The molecular weight excluding hydrogens is 250 g/mol. The largest absolute Gasteiger partial charge is 0.480 e. The molecule has 7 heteroatoms. The van der Waals surface area contributed by atoms with Gasteiger partial charge in [0.15, 0.2) is 0 Å². The molecule has 1 aliphatic rings. The van der Waals surface area contributed by atoms with Gasteiger partial charge in [-0.15, -0.1) is 0 Å². The fourth-order valence-electron chi connectivity index (χ4n) is 1.50. The maximum absolute atomic E-state index is 11.5. The van der Waals surface area contributed by atoms with Crippen molar-refractivity contribution in [2.75, 3.05) is 6.54 Å². The molecule has 0 spiro atoms. The number of carboxylic acid groups (broad SMARTS) is 1. The Bertz CT molecular complexity index is 372. The Labute approximate surface area is 112 Å². The van der Waals surface area contributed by atoms with Gasteiger partial charge in [0.2, 0.25) is 5.91 Å². The number of hydrogen-bond acceptors (Lipinski definition) is 3. The van der Waals surface area contributed by atoms with Gasteiger partial charge in [0.25, 0.3) is 0 Å². The average molecular weight is 271 g/mol. The summed E-state index contributed by atoms with van der Waals surface area (Å²) in [7, 11) is 0. The summed E-state index contributed by atoms with van der Waals surface area (Å²) in [5.74, 6) is -1.37. The van der Waals surface area contributed by atoms with Crippen LogP contribution in [0, 0.1) is 5.41 Å². The molecule has 3 amide bonds. The lowest BCUT2D eigenvalue weighted by atomic mass is 9.87. The molecule has 0 aromatic rings. The van der Waals surface area contributed by atoms with E-state index in [1.807, 2.05) is 0 Å². The number of carboxylic acids is 1. The molecule has 1 atom stereocenters. The third-order valence-electron chi connectivity index (χ3n) is 2.74. The van der Waals surface area contributed by atoms with Gasteiger partial charge in [0, 0.05) is 6.04 Å². The Morgan fingerprint density at radius 1 is 1.26 bits per heavy atom. The normalized spacial score (nSPS) is 16.4. The van der Waals surface area contributed by atoms with E-state index in [0.717, 1.165) is 12.8 Å². The first-order valence-electron chi connectivity index (χ1n) is 6.26. The van der Waals surface area contributed by atoms with Gasteiger partial charge in [-0.3, -0.25) is 4.79 Å². The minimum absolute atomic E-state index is 0.154. The van der Waals surface area contributed by atoms with Crippen LogP contribution in [0.3, 0.4) is 0 Å². The number of hydrogen-bond donors (Lipinski definition) is 4. The highest BCUT2D eigenvalue weighted by atomic mass is 16.4. The monoisotopic (exact) mass is 271 g/mol. The standard InChI is InChI=1S/C12H21N3O4/c1-12(2,3)9(10(17)18)15-11(19)13-6-8(16)14-7-4-5-7/h7,9H,4-6H2,1-3H3,(H,14,16)(H,17,18)(H2,13,15,19)/t9-/m1/s1. The number of urea groups is 1. The lowest BCUT2D eigenvalue weighted by Crippen LogP contribution is -2.53. The minimum Gasteiger partial charge on any atom is -0.480 e. The quantitative estimate of drug-likeness (QED) is 0.567. The van der Waals surface area contributed by atoms with E-state index in [1.54, 1.807) is 20.8 Å². The van der Waals surface area contributed by atoms with Crippen molar-refractivity contribution >= 4 is 17.9 Å². The summed E-state index contributed by atoms with van der Waals surface area (Å²) in [6, 6.07) is -1.44. The van der Waals surface area contributed by atoms with E-state index in [9.17, 15) is 14.4 Å². The predicted molar refractivity (Wildman–Crippen MR) is 68.6 cm³/mol. The smallest absolute Gasteiger partial charge is 0.326 e. The van der Waals surface area contributed by atoms with Crippen LogP contribution in [0.4, 0.5) is 4.79 Å². The number of amides is 3. The topological polar surface area (TPSA) is 108 Å². The Kier molecular flexibility index (Phi) is 4.74. The van der Waals surface area contributed by atoms with Gasteiger partial charge in [-0.05, 0) is 18.3 Å². The van der Waals surface area contributed by atoms with E-state index in [4.69, 9.17) is 5.11 Å². The maximum atomic E-state index is 11.5. The molecule has 19 heavy (non-hydrogen) atoms.